The zero-order valence-corrected chi connectivity index (χ0v) is 11.0. The summed E-state index contributed by atoms with van der Waals surface area (Å²) >= 11 is 0. The summed E-state index contributed by atoms with van der Waals surface area (Å²) < 4.78 is 0. The largest absolute Gasteiger partial charge is 0.508 e. The first-order chi connectivity index (χ1) is 8.01. The van der Waals surface area contributed by atoms with Gasteiger partial charge in [0.1, 0.15) is 5.75 Å². The molecule has 1 heteroatoms. The van der Waals surface area contributed by atoms with Gasteiger partial charge in [0, 0.05) is 0 Å². The van der Waals surface area contributed by atoms with Crippen LogP contribution in [0.4, 0.5) is 0 Å². The lowest BCUT2D eigenvalue weighted by atomic mass is 9.65. The van der Waals surface area contributed by atoms with Crippen LogP contribution in [-0.2, 0) is 0 Å². The maximum absolute atomic E-state index is 10.0. The summed E-state index contributed by atoms with van der Waals surface area (Å²) in [4.78, 5) is 0. The molecule has 2 fully saturated rings. The molecule has 1 N–H and O–H groups in total. The standard InChI is InChI=1S/C16H22O/c1-10-13-8-11(16(10,2)3)9-14(13)12-6-4-5-7-15(12)17/h4-7,10-11,13-14,17H,8-9H2,1-3H3/t10-,11-,13+,14-/m0/s1. The quantitative estimate of drug-likeness (QED) is 0.767. The normalized spacial score (nSPS) is 38.5. The fourth-order valence-electron chi connectivity index (χ4n) is 4.31. The molecule has 2 aliphatic rings. The molecular formula is C16H22O. The van der Waals surface area contributed by atoms with E-state index >= 15 is 0 Å². The second-order valence-corrected chi connectivity index (χ2v) is 6.61. The number of hydrogen-bond acceptors (Lipinski definition) is 1. The van der Waals surface area contributed by atoms with E-state index < -0.39 is 0 Å². The van der Waals surface area contributed by atoms with Crippen molar-refractivity contribution in [2.75, 3.05) is 0 Å². The van der Waals surface area contributed by atoms with Crippen molar-refractivity contribution in [2.24, 2.45) is 23.2 Å². The molecule has 92 valence electrons. The number of hydrogen-bond donors (Lipinski definition) is 1. The van der Waals surface area contributed by atoms with Crippen molar-refractivity contribution in [3.63, 3.8) is 0 Å². The summed E-state index contributed by atoms with van der Waals surface area (Å²) in [5.41, 5.74) is 1.67. The molecule has 0 amide bonds. The van der Waals surface area contributed by atoms with Gasteiger partial charge in [-0.05, 0) is 53.6 Å². The summed E-state index contributed by atoms with van der Waals surface area (Å²) in [6.45, 7) is 7.24. The molecule has 2 aliphatic carbocycles. The van der Waals surface area contributed by atoms with E-state index in [1.54, 1.807) is 0 Å². The molecule has 0 saturated heterocycles. The molecule has 3 rings (SSSR count). The molecule has 0 spiro atoms. The van der Waals surface area contributed by atoms with Gasteiger partial charge in [-0.2, -0.15) is 0 Å². The monoisotopic (exact) mass is 230 g/mol. The van der Waals surface area contributed by atoms with Crippen LogP contribution in [0, 0.1) is 23.2 Å². The Hall–Kier alpha value is -0.980. The fourth-order valence-corrected chi connectivity index (χ4v) is 4.31. The van der Waals surface area contributed by atoms with Crippen molar-refractivity contribution >= 4 is 0 Å². The van der Waals surface area contributed by atoms with Crippen LogP contribution in [0.15, 0.2) is 24.3 Å². The van der Waals surface area contributed by atoms with Crippen LogP contribution in [0.2, 0.25) is 0 Å². The molecule has 0 aliphatic heterocycles. The average molecular weight is 230 g/mol. The Kier molecular flexibility index (Phi) is 2.30. The summed E-state index contributed by atoms with van der Waals surface area (Å²) in [6.07, 6.45) is 2.62. The van der Waals surface area contributed by atoms with Crippen molar-refractivity contribution in [3.05, 3.63) is 29.8 Å². The van der Waals surface area contributed by atoms with Crippen LogP contribution < -0.4 is 0 Å². The minimum atomic E-state index is 0.492. The Balaban J connectivity index is 1.93. The van der Waals surface area contributed by atoms with Gasteiger partial charge >= 0.3 is 0 Å². The minimum absolute atomic E-state index is 0.492. The molecule has 1 nitrogen and oxygen atoms in total. The van der Waals surface area contributed by atoms with Crippen molar-refractivity contribution < 1.29 is 5.11 Å². The third-order valence-electron chi connectivity index (χ3n) is 5.82. The van der Waals surface area contributed by atoms with Gasteiger partial charge in [0.2, 0.25) is 0 Å². The first-order valence-corrected chi connectivity index (χ1v) is 6.79. The molecule has 2 bridgehead atoms. The zero-order chi connectivity index (χ0) is 12.2. The summed E-state index contributed by atoms with van der Waals surface area (Å²) in [5.74, 6) is 3.46. The summed E-state index contributed by atoms with van der Waals surface area (Å²) in [6, 6.07) is 7.91. The molecule has 1 aromatic rings. The predicted molar refractivity (Wildman–Crippen MR) is 70.0 cm³/mol. The van der Waals surface area contributed by atoms with Crippen LogP contribution in [0.5, 0.6) is 5.75 Å². The van der Waals surface area contributed by atoms with Crippen LogP contribution in [0.3, 0.4) is 0 Å². The van der Waals surface area contributed by atoms with E-state index in [1.165, 1.54) is 18.4 Å². The van der Waals surface area contributed by atoms with Crippen LogP contribution in [-0.4, -0.2) is 5.11 Å². The van der Waals surface area contributed by atoms with Gasteiger partial charge in [-0.15, -0.1) is 0 Å². The Morgan fingerprint density at radius 1 is 1.18 bits per heavy atom. The van der Waals surface area contributed by atoms with E-state index in [4.69, 9.17) is 0 Å². The van der Waals surface area contributed by atoms with E-state index in [9.17, 15) is 5.11 Å². The van der Waals surface area contributed by atoms with E-state index in [0.717, 1.165) is 17.8 Å². The Bertz CT molecular complexity index is 431. The van der Waals surface area contributed by atoms with Crippen molar-refractivity contribution in [1.29, 1.82) is 0 Å². The molecule has 2 saturated carbocycles. The Labute approximate surface area is 104 Å². The maximum atomic E-state index is 10.0. The zero-order valence-electron chi connectivity index (χ0n) is 11.0. The molecule has 17 heavy (non-hydrogen) atoms. The second-order valence-electron chi connectivity index (χ2n) is 6.61. The van der Waals surface area contributed by atoms with Crippen LogP contribution in [0.1, 0.15) is 45.1 Å². The average Bonchev–Trinajstić information content (AvgIpc) is 2.80. The summed E-state index contributed by atoms with van der Waals surface area (Å²) in [5, 5.41) is 10.0. The van der Waals surface area contributed by atoms with E-state index in [-0.39, 0.29) is 0 Å². The topological polar surface area (TPSA) is 20.2 Å². The Morgan fingerprint density at radius 2 is 1.88 bits per heavy atom. The number of para-hydroxylation sites is 1. The highest BCUT2D eigenvalue weighted by molar-refractivity contribution is 5.37. The maximum Gasteiger partial charge on any atom is 0.119 e. The highest BCUT2D eigenvalue weighted by atomic mass is 16.3. The predicted octanol–water partition coefficient (Wildman–Crippen LogP) is 4.18. The molecule has 4 atom stereocenters. The number of aromatic hydroxyl groups is 1. The second kappa shape index (κ2) is 3.51. The first-order valence-electron chi connectivity index (χ1n) is 6.79. The smallest absolute Gasteiger partial charge is 0.119 e. The summed E-state index contributed by atoms with van der Waals surface area (Å²) in [7, 11) is 0. The number of phenolic OH excluding ortho intramolecular Hbond substituents is 1. The van der Waals surface area contributed by atoms with Crippen molar-refractivity contribution in [1.82, 2.24) is 0 Å². The van der Waals surface area contributed by atoms with E-state index in [1.807, 2.05) is 12.1 Å². The Morgan fingerprint density at radius 3 is 2.47 bits per heavy atom. The van der Waals surface area contributed by atoms with Crippen LogP contribution in [0.25, 0.3) is 0 Å². The van der Waals surface area contributed by atoms with Crippen molar-refractivity contribution in [2.45, 2.75) is 39.5 Å². The first kappa shape index (κ1) is 11.1. The third-order valence-corrected chi connectivity index (χ3v) is 5.82. The van der Waals surface area contributed by atoms with Crippen molar-refractivity contribution in [3.8, 4) is 5.75 Å². The number of phenols is 1. The molecule has 0 unspecified atom stereocenters. The van der Waals surface area contributed by atoms with Gasteiger partial charge in [0.05, 0.1) is 0 Å². The molecule has 0 aromatic heterocycles. The van der Waals surface area contributed by atoms with Gasteiger partial charge in [0.15, 0.2) is 0 Å². The fraction of sp³-hybridized carbons (Fsp3) is 0.625. The molecule has 1 aromatic carbocycles. The van der Waals surface area contributed by atoms with E-state index in [2.05, 4.69) is 32.9 Å². The van der Waals surface area contributed by atoms with Gasteiger partial charge in [-0.25, -0.2) is 0 Å². The minimum Gasteiger partial charge on any atom is -0.508 e. The number of fused-ring (bicyclic) bond motifs is 2. The van der Waals surface area contributed by atoms with Gasteiger partial charge in [-0.3, -0.25) is 0 Å². The highest BCUT2D eigenvalue weighted by Crippen LogP contribution is 2.64. The SMILES string of the molecule is C[C@H]1[C@H]2C[C@@H](C[C@H]2c2ccccc2O)C1(C)C. The van der Waals surface area contributed by atoms with Gasteiger partial charge < -0.3 is 5.11 Å². The van der Waals surface area contributed by atoms with Gasteiger partial charge in [0.25, 0.3) is 0 Å². The lowest BCUT2D eigenvalue weighted by molar-refractivity contribution is 0.121. The lowest BCUT2D eigenvalue weighted by Crippen LogP contribution is -2.32. The number of rotatable bonds is 1. The highest BCUT2D eigenvalue weighted by Gasteiger charge is 2.55. The molecular weight excluding hydrogens is 208 g/mol. The molecule has 0 heterocycles. The van der Waals surface area contributed by atoms with Crippen LogP contribution >= 0.6 is 0 Å². The van der Waals surface area contributed by atoms with Gasteiger partial charge in [-0.1, -0.05) is 39.0 Å². The molecule has 0 radical (unpaired) electrons. The third kappa shape index (κ3) is 1.44. The number of benzene rings is 1. The lowest BCUT2D eigenvalue weighted by Gasteiger charge is -2.40. The van der Waals surface area contributed by atoms with E-state index in [0.29, 0.717) is 17.1 Å².